The van der Waals surface area contributed by atoms with Crippen LogP contribution in [-0.4, -0.2) is 25.0 Å². The highest BCUT2D eigenvalue weighted by Gasteiger charge is 2.18. The van der Waals surface area contributed by atoms with E-state index in [-0.39, 0.29) is 17.8 Å². The summed E-state index contributed by atoms with van der Waals surface area (Å²) in [5.74, 6) is -0.184. The maximum atomic E-state index is 13.3. The van der Waals surface area contributed by atoms with Crippen LogP contribution >= 0.6 is 0 Å². The number of nitrogens with one attached hydrogen (secondary N) is 2. The smallest absolute Gasteiger partial charge is 0.234 e. The molecule has 4 heteroatoms. The third-order valence-electron chi connectivity index (χ3n) is 2.52. The summed E-state index contributed by atoms with van der Waals surface area (Å²) in [7, 11) is 0. The molecule has 1 aromatic carbocycles. The molecule has 1 aliphatic rings. The summed E-state index contributed by atoms with van der Waals surface area (Å²) in [6.45, 7) is 0.881. The number of rotatable bonds is 2. The number of hydrogen-bond acceptors (Lipinski definition) is 2. The average molecular weight is 208 g/mol. The zero-order valence-corrected chi connectivity index (χ0v) is 8.29. The molecule has 0 radical (unpaired) electrons. The van der Waals surface area contributed by atoms with Crippen LogP contribution in [0.4, 0.5) is 4.39 Å². The summed E-state index contributed by atoms with van der Waals surface area (Å²) in [4.78, 5) is 10.9. The highest BCUT2D eigenvalue weighted by Crippen LogP contribution is 2.09. The van der Waals surface area contributed by atoms with Gasteiger partial charge >= 0.3 is 0 Å². The number of hydrogen-bond donors (Lipinski definition) is 2. The second-order valence-electron chi connectivity index (χ2n) is 3.68. The number of benzene rings is 1. The van der Waals surface area contributed by atoms with E-state index in [0.717, 1.165) is 0 Å². The summed E-state index contributed by atoms with van der Waals surface area (Å²) < 4.78 is 13.3. The first-order valence-electron chi connectivity index (χ1n) is 4.99. The van der Waals surface area contributed by atoms with E-state index >= 15 is 0 Å². The minimum atomic E-state index is -0.184. The Bertz CT molecular complexity index is 357. The molecule has 0 aromatic heterocycles. The second-order valence-corrected chi connectivity index (χ2v) is 3.68. The lowest BCUT2D eigenvalue weighted by Crippen LogP contribution is -2.52. The fourth-order valence-corrected chi connectivity index (χ4v) is 1.68. The van der Waals surface area contributed by atoms with E-state index in [9.17, 15) is 9.18 Å². The van der Waals surface area contributed by atoms with Gasteiger partial charge in [-0.25, -0.2) is 4.39 Å². The van der Waals surface area contributed by atoms with Gasteiger partial charge in [-0.2, -0.15) is 0 Å². The average Bonchev–Trinajstić information content (AvgIpc) is 2.25. The van der Waals surface area contributed by atoms with Crippen LogP contribution in [0, 0.1) is 5.82 Å². The normalized spacial score (nSPS) is 21.1. The molecular weight excluding hydrogens is 195 g/mol. The Labute approximate surface area is 87.7 Å². The number of carbonyl (C=O) groups excluding carboxylic acids is 1. The molecule has 1 heterocycles. The topological polar surface area (TPSA) is 41.1 Å². The van der Waals surface area contributed by atoms with E-state index in [1.165, 1.54) is 6.07 Å². The van der Waals surface area contributed by atoms with Gasteiger partial charge in [0, 0.05) is 12.6 Å². The van der Waals surface area contributed by atoms with Crippen molar-refractivity contribution in [3.63, 3.8) is 0 Å². The summed E-state index contributed by atoms with van der Waals surface area (Å²) in [5.41, 5.74) is 0.686. The van der Waals surface area contributed by atoms with Crippen LogP contribution in [0.5, 0.6) is 0 Å². The first kappa shape index (κ1) is 10.1. The predicted molar refractivity (Wildman–Crippen MR) is 54.9 cm³/mol. The van der Waals surface area contributed by atoms with Crippen molar-refractivity contribution in [1.82, 2.24) is 10.6 Å². The molecule has 2 N–H and O–H groups in total. The van der Waals surface area contributed by atoms with Crippen LogP contribution in [0.2, 0.25) is 0 Å². The lowest BCUT2D eigenvalue weighted by Gasteiger charge is -2.24. The van der Waals surface area contributed by atoms with Crippen LogP contribution < -0.4 is 10.6 Å². The molecule has 0 saturated carbocycles. The standard InChI is InChI=1S/C11H13FN2O/c12-10-4-2-1-3-8(10)5-9-6-14-11(15)7-13-9/h1-4,9,13H,5-7H2,(H,14,15). The van der Waals surface area contributed by atoms with Crippen molar-refractivity contribution in [2.24, 2.45) is 0 Å². The van der Waals surface area contributed by atoms with Crippen molar-refractivity contribution in [3.8, 4) is 0 Å². The molecule has 80 valence electrons. The van der Waals surface area contributed by atoms with E-state index < -0.39 is 0 Å². The van der Waals surface area contributed by atoms with Gasteiger partial charge in [0.15, 0.2) is 0 Å². The lowest BCUT2D eigenvalue weighted by atomic mass is 10.0. The predicted octanol–water partition coefficient (Wildman–Crippen LogP) is 0.456. The fourth-order valence-electron chi connectivity index (χ4n) is 1.68. The van der Waals surface area contributed by atoms with E-state index in [1.807, 2.05) is 6.07 Å². The van der Waals surface area contributed by atoms with Gasteiger partial charge in [-0.05, 0) is 18.1 Å². The number of amides is 1. The molecule has 1 aliphatic heterocycles. The maximum Gasteiger partial charge on any atom is 0.234 e. The molecular formula is C11H13FN2O. The molecule has 0 spiro atoms. The van der Waals surface area contributed by atoms with Crippen molar-refractivity contribution in [2.45, 2.75) is 12.5 Å². The Balaban J connectivity index is 1.97. The summed E-state index contributed by atoms with van der Waals surface area (Å²) >= 11 is 0. The monoisotopic (exact) mass is 208 g/mol. The van der Waals surface area contributed by atoms with Gasteiger partial charge in [0.1, 0.15) is 5.82 Å². The zero-order chi connectivity index (χ0) is 10.7. The van der Waals surface area contributed by atoms with Crippen LogP contribution in [0.15, 0.2) is 24.3 Å². The highest BCUT2D eigenvalue weighted by atomic mass is 19.1. The van der Waals surface area contributed by atoms with Crippen LogP contribution in [0.1, 0.15) is 5.56 Å². The summed E-state index contributed by atoms with van der Waals surface area (Å²) in [6.07, 6.45) is 0.604. The van der Waals surface area contributed by atoms with Gasteiger partial charge < -0.3 is 10.6 Å². The highest BCUT2D eigenvalue weighted by molar-refractivity contribution is 5.78. The lowest BCUT2D eigenvalue weighted by molar-refractivity contribution is -0.121. The first-order chi connectivity index (χ1) is 7.25. The summed E-state index contributed by atoms with van der Waals surface area (Å²) in [6, 6.07) is 6.85. The Hall–Kier alpha value is -1.42. The minimum Gasteiger partial charge on any atom is -0.353 e. The van der Waals surface area contributed by atoms with Crippen LogP contribution in [-0.2, 0) is 11.2 Å². The van der Waals surface area contributed by atoms with E-state index in [1.54, 1.807) is 12.1 Å². The molecule has 3 nitrogen and oxygen atoms in total. The van der Waals surface area contributed by atoms with Crippen molar-refractivity contribution in [2.75, 3.05) is 13.1 Å². The Morgan fingerprint density at radius 1 is 1.40 bits per heavy atom. The fraction of sp³-hybridized carbons (Fsp3) is 0.364. The Kier molecular flexibility index (Phi) is 2.97. The molecule has 1 atom stereocenters. The molecule has 15 heavy (non-hydrogen) atoms. The molecule has 2 rings (SSSR count). The van der Waals surface area contributed by atoms with Gasteiger partial charge in [0.25, 0.3) is 0 Å². The van der Waals surface area contributed by atoms with Gasteiger partial charge in [0.2, 0.25) is 5.91 Å². The number of carbonyl (C=O) groups is 1. The quantitative estimate of drug-likeness (QED) is 0.741. The third kappa shape index (κ3) is 2.53. The van der Waals surface area contributed by atoms with Crippen molar-refractivity contribution in [3.05, 3.63) is 35.6 Å². The molecule has 1 unspecified atom stereocenters. The van der Waals surface area contributed by atoms with Gasteiger partial charge in [-0.3, -0.25) is 4.79 Å². The molecule has 1 fully saturated rings. The molecule has 1 saturated heterocycles. The SMILES string of the molecule is O=C1CNC(Cc2ccccc2F)CN1. The largest absolute Gasteiger partial charge is 0.353 e. The van der Waals surface area contributed by atoms with Gasteiger partial charge in [0.05, 0.1) is 6.54 Å². The van der Waals surface area contributed by atoms with Gasteiger partial charge in [-0.1, -0.05) is 18.2 Å². The zero-order valence-electron chi connectivity index (χ0n) is 8.29. The molecule has 0 aliphatic carbocycles. The number of piperazine rings is 1. The van der Waals surface area contributed by atoms with E-state index in [4.69, 9.17) is 0 Å². The van der Waals surface area contributed by atoms with Crippen molar-refractivity contribution in [1.29, 1.82) is 0 Å². The van der Waals surface area contributed by atoms with Crippen molar-refractivity contribution < 1.29 is 9.18 Å². The summed E-state index contributed by atoms with van der Waals surface area (Å²) in [5, 5.41) is 5.81. The first-order valence-corrected chi connectivity index (χ1v) is 4.99. The third-order valence-corrected chi connectivity index (χ3v) is 2.52. The number of halogens is 1. The molecule has 1 amide bonds. The molecule has 1 aromatic rings. The van der Waals surface area contributed by atoms with Crippen molar-refractivity contribution >= 4 is 5.91 Å². The van der Waals surface area contributed by atoms with Gasteiger partial charge in [-0.15, -0.1) is 0 Å². The van der Waals surface area contributed by atoms with Crippen LogP contribution in [0.3, 0.4) is 0 Å². The van der Waals surface area contributed by atoms with E-state index in [2.05, 4.69) is 10.6 Å². The molecule has 0 bridgehead atoms. The minimum absolute atomic E-state index is 0.000200. The Morgan fingerprint density at radius 3 is 2.87 bits per heavy atom. The Morgan fingerprint density at radius 2 is 2.20 bits per heavy atom. The maximum absolute atomic E-state index is 13.3. The van der Waals surface area contributed by atoms with E-state index in [0.29, 0.717) is 25.1 Å². The van der Waals surface area contributed by atoms with Crippen LogP contribution in [0.25, 0.3) is 0 Å². The second kappa shape index (κ2) is 4.40.